The highest BCUT2D eigenvalue weighted by atomic mass is 35.5. The highest BCUT2D eigenvalue weighted by Gasteiger charge is 2.33. The van der Waals surface area contributed by atoms with E-state index in [0.717, 1.165) is 6.42 Å². The van der Waals surface area contributed by atoms with Crippen LogP contribution in [0.1, 0.15) is 29.6 Å². The molecule has 2 rings (SSSR count). The van der Waals surface area contributed by atoms with Gasteiger partial charge in [0.2, 0.25) is 0 Å². The first-order valence-corrected chi connectivity index (χ1v) is 7.01. The van der Waals surface area contributed by atoms with Crippen LogP contribution in [0.3, 0.4) is 0 Å². The maximum absolute atomic E-state index is 12.0. The number of hydroxylamine groups is 2. The molecule has 2 atom stereocenters. The standard InChI is InChI=1S/C15H18ClNO3/c1-11(16)10-13-14(18)8-5-9-17(13)20-15(19)12-6-3-2-4-7-12/h2-4,6-7,13-14,18H,1,5,8-10H2/t13-,14-/m0/s1. The summed E-state index contributed by atoms with van der Waals surface area (Å²) in [4.78, 5) is 17.4. The van der Waals surface area contributed by atoms with Crippen LogP contribution in [0.15, 0.2) is 41.9 Å². The number of halogens is 1. The molecule has 1 aliphatic rings. The molecule has 0 unspecified atom stereocenters. The van der Waals surface area contributed by atoms with Gasteiger partial charge in [-0.25, -0.2) is 4.79 Å². The van der Waals surface area contributed by atoms with Gasteiger partial charge < -0.3 is 9.94 Å². The van der Waals surface area contributed by atoms with Gasteiger partial charge in [-0.1, -0.05) is 36.4 Å². The molecule has 0 spiro atoms. The molecule has 0 saturated carbocycles. The Balaban J connectivity index is 2.05. The molecule has 1 fully saturated rings. The number of aliphatic hydroxyl groups excluding tert-OH is 1. The van der Waals surface area contributed by atoms with Crippen molar-refractivity contribution in [2.24, 2.45) is 0 Å². The first-order valence-electron chi connectivity index (χ1n) is 6.63. The Morgan fingerprint density at radius 2 is 2.15 bits per heavy atom. The Hall–Kier alpha value is -1.36. The van der Waals surface area contributed by atoms with Gasteiger partial charge in [0.15, 0.2) is 0 Å². The minimum absolute atomic E-state index is 0.332. The number of nitrogens with zero attached hydrogens (tertiary/aromatic N) is 1. The summed E-state index contributed by atoms with van der Waals surface area (Å²) in [5.74, 6) is -0.426. The first-order chi connectivity index (χ1) is 9.58. The fourth-order valence-electron chi connectivity index (χ4n) is 2.32. The number of benzene rings is 1. The van der Waals surface area contributed by atoms with Crippen LogP contribution in [0.25, 0.3) is 0 Å². The second-order valence-electron chi connectivity index (χ2n) is 4.88. The molecule has 5 heteroatoms. The first kappa shape index (κ1) is 15.0. The van der Waals surface area contributed by atoms with Crippen LogP contribution in [0.2, 0.25) is 0 Å². The van der Waals surface area contributed by atoms with Crippen LogP contribution in [0, 0.1) is 0 Å². The molecular weight excluding hydrogens is 278 g/mol. The minimum Gasteiger partial charge on any atom is -0.391 e. The molecule has 0 bridgehead atoms. The highest BCUT2D eigenvalue weighted by molar-refractivity contribution is 6.29. The summed E-state index contributed by atoms with van der Waals surface area (Å²) in [6.07, 6.45) is 1.27. The lowest BCUT2D eigenvalue weighted by atomic mass is 9.98. The van der Waals surface area contributed by atoms with Crippen molar-refractivity contribution >= 4 is 17.6 Å². The van der Waals surface area contributed by atoms with Gasteiger partial charge in [-0.2, -0.15) is 0 Å². The van der Waals surface area contributed by atoms with Gasteiger partial charge in [-0.05, 0) is 25.0 Å². The van der Waals surface area contributed by atoms with Crippen LogP contribution in [0.4, 0.5) is 0 Å². The van der Waals surface area contributed by atoms with E-state index in [1.165, 1.54) is 5.06 Å². The topological polar surface area (TPSA) is 49.8 Å². The van der Waals surface area contributed by atoms with Gasteiger partial charge in [0.25, 0.3) is 0 Å². The van der Waals surface area contributed by atoms with Gasteiger partial charge in [-0.15, -0.1) is 5.06 Å². The Morgan fingerprint density at radius 1 is 1.45 bits per heavy atom. The molecular formula is C15H18ClNO3. The van der Waals surface area contributed by atoms with E-state index in [2.05, 4.69) is 6.58 Å². The van der Waals surface area contributed by atoms with Gasteiger partial charge in [0.05, 0.1) is 17.7 Å². The molecule has 1 aromatic carbocycles. The normalized spacial score (nSPS) is 23.3. The SMILES string of the molecule is C=C(Cl)C[C@H]1[C@@H](O)CCCN1OC(=O)c1ccccc1. The highest BCUT2D eigenvalue weighted by Crippen LogP contribution is 2.25. The van der Waals surface area contributed by atoms with Crippen molar-refractivity contribution in [3.63, 3.8) is 0 Å². The molecule has 0 aliphatic carbocycles. The molecule has 1 aromatic rings. The Kier molecular flexibility index (Phi) is 5.17. The molecule has 1 heterocycles. The van der Waals surface area contributed by atoms with Crippen molar-refractivity contribution in [2.75, 3.05) is 6.54 Å². The third-order valence-electron chi connectivity index (χ3n) is 3.33. The molecule has 1 saturated heterocycles. The largest absolute Gasteiger partial charge is 0.391 e. The smallest absolute Gasteiger partial charge is 0.357 e. The molecule has 20 heavy (non-hydrogen) atoms. The number of hydrogen-bond acceptors (Lipinski definition) is 4. The number of carbonyl (C=O) groups excluding carboxylic acids is 1. The van der Waals surface area contributed by atoms with Crippen LogP contribution in [0.5, 0.6) is 0 Å². The Labute approximate surface area is 123 Å². The summed E-state index contributed by atoms with van der Waals surface area (Å²) < 4.78 is 0. The van der Waals surface area contributed by atoms with Crippen molar-refractivity contribution < 1.29 is 14.7 Å². The quantitative estimate of drug-likeness (QED) is 0.928. The van der Waals surface area contributed by atoms with Crippen LogP contribution in [-0.2, 0) is 4.84 Å². The van der Waals surface area contributed by atoms with Crippen molar-refractivity contribution in [1.82, 2.24) is 5.06 Å². The van der Waals surface area contributed by atoms with Crippen LogP contribution < -0.4 is 0 Å². The van der Waals surface area contributed by atoms with Gasteiger partial charge in [0.1, 0.15) is 0 Å². The van der Waals surface area contributed by atoms with Crippen molar-refractivity contribution in [2.45, 2.75) is 31.4 Å². The summed E-state index contributed by atoms with van der Waals surface area (Å²) in [5.41, 5.74) is 0.482. The summed E-state index contributed by atoms with van der Waals surface area (Å²) in [6.45, 7) is 4.23. The molecule has 0 radical (unpaired) electrons. The average Bonchev–Trinajstić information content (AvgIpc) is 2.43. The van der Waals surface area contributed by atoms with E-state index >= 15 is 0 Å². The molecule has 1 aliphatic heterocycles. The fourth-order valence-corrected chi connectivity index (χ4v) is 2.48. The van der Waals surface area contributed by atoms with Crippen LogP contribution >= 0.6 is 11.6 Å². The number of hydrogen-bond donors (Lipinski definition) is 1. The molecule has 108 valence electrons. The van der Waals surface area contributed by atoms with E-state index in [9.17, 15) is 9.90 Å². The maximum Gasteiger partial charge on any atom is 0.357 e. The predicted molar refractivity (Wildman–Crippen MR) is 77.2 cm³/mol. The van der Waals surface area contributed by atoms with Crippen molar-refractivity contribution in [3.05, 3.63) is 47.5 Å². The maximum atomic E-state index is 12.0. The van der Waals surface area contributed by atoms with E-state index in [-0.39, 0.29) is 6.04 Å². The van der Waals surface area contributed by atoms with E-state index in [0.29, 0.717) is 30.0 Å². The van der Waals surface area contributed by atoms with Gasteiger partial charge in [0, 0.05) is 18.0 Å². The van der Waals surface area contributed by atoms with Gasteiger partial charge >= 0.3 is 5.97 Å². The Morgan fingerprint density at radius 3 is 2.80 bits per heavy atom. The minimum atomic E-state index is -0.567. The van der Waals surface area contributed by atoms with Crippen molar-refractivity contribution in [3.8, 4) is 0 Å². The summed E-state index contributed by atoms with van der Waals surface area (Å²) in [6, 6.07) is 8.44. The predicted octanol–water partition coefficient (Wildman–Crippen LogP) is 2.73. The lowest BCUT2D eigenvalue weighted by Crippen LogP contribution is -2.48. The van der Waals surface area contributed by atoms with E-state index in [4.69, 9.17) is 16.4 Å². The number of carbonyl (C=O) groups is 1. The second-order valence-corrected chi connectivity index (χ2v) is 5.42. The summed E-state index contributed by atoms with van der Waals surface area (Å²) in [5, 5.41) is 12.0. The fraction of sp³-hybridized carbons (Fsp3) is 0.400. The van der Waals surface area contributed by atoms with Gasteiger partial charge in [-0.3, -0.25) is 0 Å². The zero-order chi connectivity index (χ0) is 14.5. The zero-order valence-electron chi connectivity index (χ0n) is 11.2. The second kappa shape index (κ2) is 6.88. The Bertz CT molecular complexity index is 477. The van der Waals surface area contributed by atoms with Crippen molar-refractivity contribution in [1.29, 1.82) is 0 Å². The number of rotatable bonds is 4. The van der Waals surface area contributed by atoms with E-state index < -0.39 is 12.1 Å². The third kappa shape index (κ3) is 3.82. The lowest BCUT2D eigenvalue weighted by Gasteiger charge is -2.37. The lowest BCUT2D eigenvalue weighted by molar-refractivity contribution is -0.177. The van der Waals surface area contributed by atoms with Crippen LogP contribution in [-0.4, -0.2) is 34.8 Å². The monoisotopic (exact) mass is 295 g/mol. The molecule has 1 N–H and O–H groups in total. The third-order valence-corrected chi connectivity index (χ3v) is 3.49. The molecule has 0 aromatic heterocycles. The summed E-state index contributed by atoms with van der Waals surface area (Å²) in [7, 11) is 0. The number of aliphatic hydroxyl groups is 1. The van der Waals surface area contributed by atoms with E-state index in [1.54, 1.807) is 24.3 Å². The average molecular weight is 296 g/mol. The number of piperidine rings is 1. The summed E-state index contributed by atoms with van der Waals surface area (Å²) >= 11 is 5.82. The molecule has 4 nitrogen and oxygen atoms in total. The van der Waals surface area contributed by atoms with E-state index in [1.807, 2.05) is 6.07 Å². The zero-order valence-corrected chi connectivity index (χ0v) is 11.9. The molecule has 0 amide bonds.